The Labute approximate surface area is 137 Å². The molecule has 0 radical (unpaired) electrons. The van der Waals surface area contributed by atoms with Gasteiger partial charge in [-0.3, -0.25) is 0 Å². The molecule has 118 valence electrons. The van der Waals surface area contributed by atoms with Crippen LogP contribution in [0.25, 0.3) is 10.2 Å². The fourth-order valence-corrected chi connectivity index (χ4v) is 5.19. The number of anilines is 1. The molecule has 2 aliphatic carbocycles. The second-order valence-electron chi connectivity index (χ2n) is 6.97. The van der Waals surface area contributed by atoms with Crippen molar-refractivity contribution < 1.29 is 0 Å². The van der Waals surface area contributed by atoms with Gasteiger partial charge in [0.2, 0.25) is 0 Å². The van der Waals surface area contributed by atoms with Crippen LogP contribution in [0.2, 0.25) is 0 Å². The van der Waals surface area contributed by atoms with Crippen LogP contribution in [-0.4, -0.2) is 17.1 Å². The maximum absolute atomic E-state index is 4.71. The molecule has 0 unspecified atom stereocenters. The molecule has 1 aromatic carbocycles. The molecule has 0 N–H and O–H groups in total. The van der Waals surface area contributed by atoms with E-state index in [9.17, 15) is 0 Å². The second-order valence-corrected chi connectivity index (χ2v) is 7.85. The van der Waals surface area contributed by atoms with Crippen LogP contribution in [0.5, 0.6) is 0 Å². The number of hydrogen-bond acceptors (Lipinski definition) is 3. The summed E-state index contributed by atoms with van der Waals surface area (Å²) in [6.07, 6.45) is 14.0. The average Bonchev–Trinajstić information content (AvgIpc) is 3.07. The van der Waals surface area contributed by atoms with Crippen LogP contribution in [0.4, 0.5) is 5.69 Å². The summed E-state index contributed by atoms with van der Waals surface area (Å²) >= 11 is 1.77. The number of aromatic nitrogens is 1. The summed E-state index contributed by atoms with van der Waals surface area (Å²) in [4.78, 5) is 7.51. The Morgan fingerprint density at radius 2 is 1.50 bits per heavy atom. The zero-order valence-electron chi connectivity index (χ0n) is 13.3. The van der Waals surface area contributed by atoms with E-state index in [1.807, 2.05) is 5.51 Å². The molecule has 1 aromatic heterocycles. The standard InChI is InChI=1S/C19H26N2S/c1-3-8-15(9-4-1)21(16-10-5-2-6-11-16)17-12-7-13-18-19(17)20-14-22-18/h7,12-16H,1-6,8-11H2. The van der Waals surface area contributed by atoms with Crippen molar-refractivity contribution in [3.05, 3.63) is 23.7 Å². The van der Waals surface area contributed by atoms with Gasteiger partial charge in [-0.2, -0.15) is 0 Å². The molecule has 4 rings (SSSR count). The van der Waals surface area contributed by atoms with Crippen LogP contribution in [0.3, 0.4) is 0 Å². The maximum Gasteiger partial charge on any atom is 0.104 e. The largest absolute Gasteiger partial charge is 0.364 e. The Hall–Kier alpha value is -1.09. The van der Waals surface area contributed by atoms with E-state index >= 15 is 0 Å². The first kappa shape index (κ1) is 14.5. The lowest BCUT2D eigenvalue weighted by molar-refractivity contribution is 0.340. The molecule has 0 aliphatic heterocycles. The highest BCUT2D eigenvalue weighted by atomic mass is 32.1. The molecule has 2 fully saturated rings. The van der Waals surface area contributed by atoms with Crippen molar-refractivity contribution in [3.8, 4) is 0 Å². The van der Waals surface area contributed by atoms with Crippen molar-refractivity contribution >= 4 is 27.2 Å². The molecular weight excluding hydrogens is 288 g/mol. The summed E-state index contributed by atoms with van der Waals surface area (Å²) < 4.78 is 1.34. The van der Waals surface area contributed by atoms with Crippen LogP contribution in [0.15, 0.2) is 23.7 Å². The van der Waals surface area contributed by atoms with Crippen LogP contribution < -0.4 is 4.90 Å². The minimum absolute atomic E-state index is 0.740. The molecular formula is C19H26N2S. The molecule has 0 bridgehead atoms. The van der Waals surface area contributed by atoms with E-state index in [2.05, 4.69) is 23.1 Å². The summed E-state index contributed by atoms with van der Waals surface area (Å²) in [7, 11) is 0. The van der Waals surface area contributed by atoms with Gasteiger partial charge in [-0.25, -0.2) is 4.98 Å². The summed E-state index contributed by atoms with van der Waals surface area (Å²) in [5, 5.41) is 0. The minimum Gasteiger partial charge on any atom is -0.364 e. The Morgan fingerprint density at radius 3 is 2.14 bits per heavy atom. The average molecular weight is 314 g/mol. The van der Waals surface area contributed by atoms with E-state index < -0.39 is 0 Å². The van der Waals surface area contributed by atoms with Crippen molar-refractivity contribution in [1.29, 1.82) is 0 Å². The van der Waals surface area contributed by atoms with Gasteiger partial charge in [-0.15, -0.1) is 11.3 Å². The monoisotopic (exact) mass is 314 g/mol. The molecule has 0 atom stereocenters. The van der Waals surface area contributed by atoms with Crippen LogP contribution in [0.1, 0.15) is 64.2 Å². The third-order valence-electron chi connectivity index (χ3n) is 5.55. The first-order valence-corrected chi connectivity index (χ1v) is 9.92. The molecule has 3 heteroatoms. The van der Waals surface area contributed by atoms with Gasteiger partial charge in [0.1, 0.15) is 5.52 Å². The molecule has 1 heterocycles. The van der Waals surface area contributed by atoms with E-state index in [1.54, 1.807) is 11.3 Å². The molecule has 0 saturated heterocycles. The molecule has 0 amide bonds. The lowest BCUT2D eigenvalue weighted by Crippen LogP contribution is -2.45. The minimum atomic E-state index is 0.740. The van der Waals surface area contributed by atoms with E-state index in [-0.39, 0.29) is 0 Å². The molecule has 22 heavy (non-hydrogen) atoms. The van der Waals surface area contributed by atoms with Crippen molar-refractivity contribution in [2.75, 3.05) is 4.90 Å². The highest BCUT2D eigenvalue weighted by Gasteiger charge is 2.30. The second kappa shape index (κ2) is 6.57. The van der Waals surface area contributed by atoms with Crippen molar-refractivity contribution in [2.45, 2.75) is 76.3 Å². The molecule has 0 spiro atoms. The number of para-hydroxylation sites is 1. The number of benzene rings is 1. The molecule has 2 aromatic rings. The predicted molar refractivity (Wildman–Crippen MR) is 95.8 cm³/mol. The van der Waals surface area contributed by atoms with Gasteiger partial charge in [-0.05, 0) is 37.8 Å². The van der Waals surface area contributed by atoms with Gasteiger partial charge in [-0.1, -0.05) is 44.6 Å². The summed E-state index contributed by atoms with van der Waals surface area (Å²) in [6.45, 7) is 0. The molecule has 2 aliphatic rings. The maximum atomic E-state index is 4.71. The summed E-state index contributed by atoms with van der Waals surface area (Å²) in [5.41, 5.74) is 4.66. The van der Waals surface area contributed by atoms with Crippen molar-refractivity contribution in [2.24, 2.45) is 0 Å². The number of hydrogen-bond donors (Lipinski definition) is 0. The molecule has 2 nitrogen and oxygen atoms in total. The zero-order chi connectivity index (χ0) is 14.8. The van der Waals surface area contributed by atoms with Gasteiger partial charge in [0.15, 0.2) is 0 Å². The third kappa shape index (κ3) is 2.76. The Balaban J connectivity index is 1.73. The lowest BCUT2D eigenvalue weighted by Gasteiger charge is -2.43. The number of rotatable bonds is 3. The topological polar surface area (TPSA) is 16.1 Å². The van der Waals surface area contributed by atoms with Crippen LogP contribution in [-0.2, 0) is 0 Å². The highest BCUT2D eigenvalue weighted by molar-refractivity contribution is 7.16. The quantitative estimate of drug-likeness (QED) is 0.715. The number of thiazole rings is 1. The normalized spacial score (nSPS) is 21.3. The van der Waals surface area contributed by atoms with Gasteiger partial charge >= 0.3 is 0 Å². The molecule has 2 saturated carbocycles. The smallest absolute Gasteiger partial charge is 0.104 e. The predicted octanol–water partition coefficient (Wildman–Crippen LogP) is 5.77. The van der Waals surface area contributed by atoms with E-state index in [1.165, 1.54) is 80.1 Å². The van der Waals surface area contributed by atoms with Crippen LogP contribution >= 0.6 is 11.3 Å². The fraction of sp³-hybridized carbons (Fsp3) is 0.632. The van der Waals surface area contributed by atoms with Gasteiger partial charge in [0.05, 0.1) is 15.9 Å². The first-order chi connectivity index (χ1) is 10.9. The first-order valence-electron chi connectivity index (χ1n) is 9.04. The fourth-order valence-electron chi connectivity index (χ4n) is 4.49. The van der Waals surface area contributed by atoms with E-state index in [0.717, 1.165) is 12.1 Å². The Bertz CT molecular complexity index is 591. The SMILES string of the molecule is c1cc(N(C2CCCCC2)C2CCCCC2)c2ncsc2c1. The Morgan fingerprint density at radius 1 is 0.864 bits per heavy atom. The lowest BCUT2D eigenvalue weighted by atomic mass is 9.88. The van der Waals surface area contributed by atoms with Gasteiger partial charge in [0.25, 0.3) is 0 Å². The van der Waals surface area contributed by atoms with Crippen LogP contribution in [0, 0.1) is 0 Å². The summed E-state index contributed by atoms with van der Waals surface area (Å²) in [6, 6.07) is 8.25. The third-order valence-corrected chi connectivity index (χ3v) is 6.35. The van der Waals surface area contributed by atoms with E-state index in [4.69, 9.17) is 4.98 Å². The Kier molecular flexibility index (Phi) is 4.33. The zero-order valence-corrected chi connectivity index (χ0v) is 14.2. The van der Waals surface area contributed by atoms with E-state index in [0.29, 0.717) is 0 Å². The van der Waals surface area contributed by atoms with Crippen molar-refractivity contribution in [1.82, 2.24) is 4.98 Å². The number of fused-ring (bicyclic) bond motifs is 1. The summed E-state index contributed by atoms with van der Waals surface area (Å²) in [5.74, 6) is 0. The highest BCUT2D eigenvalue weighted by Crippen LogP contribution is 2.37. The van der Waals surface area contributed by atoms with Crippen molar-refractivity contribution in [3.63, 3.8) is 0 Å². The number of nitrogens with zero attached hydrogens (tertiary/aromatic N) is 2. The van der Waals surface area contributed by atoms with Gasteiger partial charge < -0.3 is 4.90 Å². The van der Waals surface area contributed by atoms with Gasteiger partial charge in [0, 0.05) is 12.1 Å².